The van der Waals surface area contributed by atoms with Crippen molar-refractivity contribution in [2.45, 2.75) is 19.4 Å². The van der Waals surface area contributed by atoms with E-state index in [2.05, 4.69) is 10.6 Å². The molecule has 8 heteroatoms. The highest BCUT2D eigenvalue weighted by atomic mass is 35.5. The van der Waals surface area contributed by atoms with Crippen LogP contribution < -0.4 is 20.3 Å². The molecule has 2 aliphatic heterocycles. The first-order chi connectivity index (χ1) is 13.1. The zero-order chi connectivity index (χ0) is 18.8. The van der Waals surface area contributed by atoms with Gasteiger partial charge in [0.2, 0.25) is 5.91 Å². The number of para-hydroxylation sites is 2. The van der Waals surface area contributed by atoms with Crippen LogP contribution in [-0.2, 0) is 22.6 Å². The molecule has 0 spiro atoms. The number of fused-ring (bicyclic) bond motifs is 2. The minimum atomic E-state index is -0.366. The van der Waals surface area contributed by atoms with Crippen LogP contribution >= 0.6 is 12.4 Å². The van der Waals surface area contributed by atoms with Crippen molar-refractivity contribution >= 4 is 35.6 Å². The SMILES string of the molecule is Cl.O=C(CCN1C(=O)COc2ccccc21)Nc1ccc2c(c1F)CCNC2. The molecule has 0 unspecified atom stereocenters. The smallest absolute Gasteiger partial charge is 0.265 e. The van der Waals surface area contributed by atoms with E-state index in [1.807, 2.05) is 18.2 Å². The van der Waals surface area contributed by atoms with Gasteiger partial charge in [0.1, 0.15) is 11.6 Å². The van der Waals surface area contributed by atoms with Crippen LogP contribution in [0.2, 0.25) is 0 Å². The van der Waals surface area contributed by atoms with Crippen molar-refractivity contribution in [3.63, 3.8) is 0 Å². The van der Waals surface area contributed by atoms with Crippen LogP contribution in [0.3, 0.4) is 0 Å². The Kier molecular flexibility index (Phi) is 6.16. The highest BCUT2D eigenvalue weighted by Gasteiger charge is 2.25. The van der Waals surface area contributed by atoms with Gasteiger partial charge in [-0.2, -0.15) is 0 Å². The van der Waals surface area contributed by atoms with E-state index in [9.17, 15) is 14.0 Å². The Morgan fingerprint density at radius 1 is 1.25 bits per heavy atom. The zero-order valence-electron chi connectivity index (χ0n) is 15.2. The third kappa shape index (κ3) is 3.95. The predicted octanol–water partition coefficient (Wildman–Crippen LogP) is 2.65. The number of hydrogen-bond donors (Lipinski definition) is 2. The summed E-state index contributed by atoms with van der Waals surface area (Å²) in [4.78, 5) is 26.0. The normalized spacial score (nSPS) is 15.0. The van der Waals surface area contributed by atoms with Crippen LogP contribution in [0.1, 0.15) is 17.5 Å². The summed E-state index contributed by atoms with van der Waals surface area (Å²) < 4.78 is 20.0. The molecule has 0 aromatic heterocycles. The highest BCUT2D eigenvalue weighted by molar-refractivity contribution is 5.99. The summed E-state index contributed by atoms with van der Waals surface area (Å²) in [7, 11) is 0. The van der Waals surface area contributed by atoms with Crippen LogP contribution in [0.4, 0.5) is 15.8 Å². The van der Waals surface area contributed by atoms with Gasteiger partial charge in [0, 0.05) is 19.5 Å². The van der Waals surface area contributed by atoms with Gasteiger partial charge in [-0.1, -0.05) is 18.2 Å². The Bertz CT molecular complexity index is 906. The number of benzene rings is 2. The Morgan fingerprint density at radius 2 is 2.07 bits per heavy atom. The largest absolute Gasteiger partial charge is 0.482 e. The van der Waals surface area contributed by atoms with Crippen LogP contribution in [0.5, 0.6) is 5.75 Å². The van der Waals surface area contributed by atoms with Gasteiger partial charge in [-0.05, 0) is 42.3 Å². The summed E-state index contributed by atoms with van der Waals surface area (Å²) in [6.07, 6.45) is 0.669. The molecule has 6 nitrogen and oxygen atoms in total. The van der Waals surface area contributed by atoms with Crippen molar-refractivity contribution in [3.8, 4) is 5.75 Å². The minimum absolute atomic E-state index is 0. The maximum absolute atomic E-state index is 14.6. The van der Waals surface area contributed by atoms with E-state index in [1.165, 1.54) is 4.90 Å². The first kappa shape index (κ1) is 20.1. The number of rotatable bonds is 4. The maximum Gasteiger partial charge on any atom is 0.265 e. The minimum Gasteiger partial charge on any atom is -0.482 e. The summed E-state index contributed by atoms with van der Waals surface area (Å²) >= 11 is 0. The van der Waals surface area contributed by atoms with E-state index in [4.69, 9.17) is 4.74 Å². The molecular weight excluding hydrogens is 385 g/mol. The van der Waals surface area contributed by atoms with Crippen molar-refractivity contribution in [1.82, 2.24) is 5.32 Å². The quantitative estimate of drug-likeness (QED) is 0.820. The number of ether oxygens (including phenoxy) is 1. The summed E-state index contributed by atoms with van der Waals surface area (Å²) in [6.45, 7) is 1.52. The number of carbonyl (C=O) groups excluding carboxylic acids is 2. The molecule has 2 aromatic rings. The third-order valence-electron chi connectivity index (χ3n) is 4.85. The van der Waals surface area contributed by atoms with Gasteiger partial charge in [0.15, 0.2) is 6.61 Å². The monoisotopic (exact) mass is 405 g/mol. The summed E-state index contributed by atoms with van der Waals surface area (Å²) in [6, 6.07) is 10.6. The highest BCUT2D eigenvalue weighted by Crippen LogP contribution is 2.31. The van der Waals surface area contributed by atoms with E-state index in [1.54, 1.807) is 18.2 Å². The van der Waals surface area contributed by atoms with Gasteiger partial charge in [-0.25, -0.2) is 4.39 Å². The standard InChI is InChI=1S/C20H20FN3O3.ClH/c21-20-14-7-9-22-11-13(14)5-6-15(20)23-18(25)8-10-24-16-3-1-2-4-17(16)27-12-19(24)26;/h1-6,22H,7-12H2,(H,23,25);1H. The van der Waals surface area contributed by atoms with E-state index in [-0.39, 0.29) is 55.3 Å². The van der Waals surface area contributed by atoms with E-state index >= 15 is 0 Å². The van der Waals surface area contributed by atoms with Crippen LogP contribution in [0, 0.1) is 5.82 Å². The second-order valence-electron chi connectivity index (χ2n) is 6.59. The van der Waals surface area contributed by atoms with Gasteiger partial charge >= 0.3 is 0 Å². The zero-order valence-corrected chi connectivity index (χ0v) is 16.0. The van der Waals surface area contributed by atoms with Crippen molar-refractivity contribution in [2.24, 2.45) is 0 Å². The number of amides is 2. The lowest BCUT2D eigenvalue weighted by atomic mass is 9.99. The molecular formula is C20H21ClFN3O3. The number of carbonyl (C=O) groups is 2. The van der Waals surface area contributed by atoms with Gasteiger partial charge in [0.25, 0.3) is 5.91 Å². The third-order valence-corrected chi connectivity index (χ3v) is 4.85. The number of halogens is 2. The molecule has 28 heavy (non-hydrogen) atoms. The van der Waals surface area contributed by atoms with Gasteiger partial charge in [-0.3, -0.25) is 9.59 Å². The number of nitrogens with one attached hydrogen (secondary N) is 2. The number of anilines is 2. The first-order valence-electron chi connectivity index (χ1n) is 8.96. The van der Waals surface area contributed by atoms with E-state index in [0.717, 1.165) is 12.1 Å². The average Bonchev–Trinajstić information content (AvgIpc) is 2.69. The lowest BCUT2D eigenvalue weighted by molar-refractivity contribution is -0.121. The van der Waals surface area contributed by atoms with Gasteiger partial charge in [0.05, 0.1) is 11.4 Å². The fourth-order valence-corrected chi connectivity index (χ4v) is 3.46. The fourth-order valence-electron chi connectivity index (χ4n) is 3.46. The van der Waals surface area contributed by atoms with Crippen molar-refractivity contribution in [2.75, 3.05) is 29.9 Å². The molecule has 4 rings (SSSR count). The molecule has 0 fully saturated rings. The van der Waals surface area contributed by atoms with Crippen molar-refractivity contribution in [3.05, 3.63) is 53.3 Å². The van der Waals surface area contributed by atoms with E-state index < -0.39 is 0 Å². The van der Waals surface area contributed by atoms with Crippen LogP contribution in [0.15, 0.2) is 36.4 Å². The summed E-state index contributed by atoms with van der Waals surface area (Å²) in [5.41, 5.74) is 2.42. The van der Waals surface area contributed by atoms with Gasteiger partial charge < -0.3 is 20.3 Å². The lowest BCUT2D eigenvalue weighted by Crippen LogP contribution is -2.40. The maximum atomic E-state index is 14.6. The topological polar surface area (TPSA) is 70.7 Å². The molecule has 0 saturated carbocycles. The second kappa shape index (κ2) is 8.58. The molecule has 0 bridgehead atoms. The Hall–Kier alpha value is -2.64. The second-order valence-corrected chi connectivity index (χ2v) is 6.59. The van der Waals surface area contributed by atoms with Crippen molar-refractivity contribution < 1.29 is 18.7 Å². The number of hydrogen-bond acceptors (Lipinski definition) is 4. The first-order valence-corrected chi connectivity index (χ1v) is 8.96. The summed E-state index contributed by atoms with van der Waals surface area (Å²) in [5.74, 6) is -0.282. The molecule has 0 aliphatic carbocycles. The number of nitrogens with zero attached hydrogens (tertiary/aromatic N) is 1. The van der Waals surface area contributed by atoms with E-state index in [0.29, 0.717) is 30.0 Å². The predicted molar refractivity (Wildman–Crippen MR) is 107 cm³/mol. The van der Waals surface area contributed by atoms with Gasteiger partial charge in [-0.15, -0.1) is 12.4 Å². The van der Waals surface area contributed by atoms with Crippen LogP contribution in [0.25, 0.3) is 0 Å². The molecule has 0 atom stereocenters. The molecule has 2 amide bonds. The Morgan fingerprint density at radius 3 is 2.93 bits per heavy atom. The molecule has 148 valence electrons. The molecule has 2 aliphatic rings. The molecule has 0 radical (unpaired) electrons. The Labute approximate surface area is 168 Å². The Balaban J connectivity index is 0.00000225. The lowest BCUT2D eigenvalue weighted by Gasteiger charge is -2.29. The fraction of sp³-hybridized carbons (Fsp3) is 0.300. The molecule has 2 N–H and O–H groups in total. The van der Waals surface area contributed by atoms with Crippen molar-refractivity contribution in [1.29, 1.82) is 0 Å². The van der Waals surface area contributed by atoms with Crippen LogP contribution in [-0.4, -0.2) is 31.5 Å². The molecule has 2 heterocycles. The molecule has 2 aromatic carbocycles. The molecule has 0 saturated heterocycles. The average molecular weight is 406 g/mol. The summed E-state index contributed by atoms with van der Waals surface area (Å²) in [5, 5.41) is 5.83.